The second-order valence-electron chi connectivity index (χ2n) is 8.96. The molecule has 3 unspecified atom stereocenters. The van der Waals surface area contributed by atoms with E-state index in [4.69, 9.17) is 9.47 Å². The molecular weight excluding hydrogens is 493 g/mol. The van der Waals surface area contributed by atoms with Crippen LogP contribution < -0.4 is 9.64 Å². The number of rotatable bonds is 6. The topological polar surface area (TPSA) is 72.9 Å². The summed E-state index contributed by atoms with van der Waals surface area (Å²) in [4.78, 5) is 43.4. The molecule has 190 valence electrons. The first-order valence-corrected chi connectivity index (χ1v) is 13.0. The first-order chi connectivity index (χ1) is 18.0. The van der Waals surface area contributed by atoms with Crippen LogP contribution in [0.5, 0.6) is 5.75 Å². The van der Waals surface area contributed by atoms with E-state index < -0.39 is 35.3 Å². The Morgan fingerprint density at radius 2 is 1.81 bits per heavy atom. The molecular formula is C29H26FNO5S. The van der Waals surface area contributed by atoms with Crippen molar-refractivity contribution < 1.29 is 28.2 Å². The van der Waals surface area contributed by atoms with Gasteiger partial charge in [0.05, 0.1) is 19.4 Å². The Labute approximate surface area is 218 Å². The normalized spacial score (nSPS) is 21.6. The Bertz CT molecular complexity index is 1380. The lowest BCUT2D eigenvalue weighted by molar-refractivity contribution is -0.152. The number of carbonyl (C=O) groups is 3. The molecule has 0 N–H and O–H groups in total. The molecule has 2 aliphatic rings. The minimum absolute atomic E-state index is 0.0709. The van der Waals surface area contributed by atoms with Crippen molar-refractivity contribution in [3.05, 3.63) is 93.6 Å². The van der Waals surface area contributed by atoms with E-state index in [0.717, 1.165) is 4.88 Å². The van der Waals surface area contributed by atoms with Gasteiger partial charge in [-0.3, -0.25) is 19.3 Å². The van der Waals surface area contributed by atoms with E-state index in [1.807, 2.05) is 35.7 Å². The van der Waals surface area contributed by atoms with Crippen molar-refractivity contribution in [1.29, 1.82) is 0 Å². The van der Waals surface area contributed by atoms with Gasteiger partial charge in [0.2, 0.25) is 5.91 Å². The third kappa shape index (κ3) is 4.35. The van der Waals surface area contributed by atoms with Gasteiger partial charge in [-0.1, -0.05) is 36.4 Å². The monoisotopic (exact) mass is 519 g/mol. The predicted molar refractivity (Wildman–Crippen MR) is 138 cm³/mol. The molecule has 8 heteroatoms. The summed E-state index contributed by atoms with van der Waals surface area (Å²) in [6, 6.07) is 17.0. The lowest BCUT2D eigenvalue weighted by Gasteiger charge is -2.42. The zero-order valence-electron chi connectivity index (χ0n) is 20.5. The van der Waals surface area contributed by atoms with Crippen LogP contribution in [-0.4, -0.2) is 31.4 Å². The third-order valence-electron chi connectivity index (χ3n) is 6.98. The highest BCUT2D eigenvalue weighted by Crippen LogP contribution is 2.51. The smallest absolute Gasteiger partial charge is 0.317 e. The van der Waals surface area contributed by atoms with Crippen LogP contribution >= 0.6 is 11.3 Å². The number of ether oxygens (including phenoxy) is 2. The SMILES string of the molecule is CCOC(=O)C1C(=O)C2=C(CC1c1cccs1)N(c1ccccc1F)C(=O)CC2c1ccccc1OC. The highest BCUT2D eigenvalue weighted by molar-refractivity contribution is 7.10. The van der Waals surface area contributed by atoms with Crippen LogP contribution in [0.3, 0.4) is 0 Å². The lowest BCUT2D eigenvalue weighted by Crippen LogP contribution is -2.46. The van der Waals surface area contributed by atoms with Crippen LogP contribution in [0.15, 0.2) is 77.3 Å². The quantitative estimate of drug-likeness (QED) is 0.313. The number of amides is 1. The number of methoxy groups -OCH3 is 1. The summed E-state index contributed by atoms with van der Waals surface area (Å²) in [5, 5.41) is 1.88. The fraction of sp³-hybridized carbons (Fsp3) is 0.276. The maximum Gasteiger partial charge on any atom is 0.317 e. The van der Waals surface area contributed by atoms with Crippen molar-refractivity contribution in [2.24, 2.45) is 5.92 Å². The summed E-state index contributed by atoms with van der Waals surface area (Å²) in [7, 11) is 1.53. The molecule has 3 aromatic rings. The largest absolute Gasteiger partial charge is 0.496 e. The van der Waals surface area contributed by atoms with Crippen LogP contribution in [0.2, 0.25) is 0 Å². The number of halogens is 1. The predicted octanol–water partition coefficient (Wildman–Crippen LogP) is 5.61. The Kier molecular flexibility index (Phi) is 6.93. The molecule has 3 atom stereocenters. The zero-order valence-corrected chi connectivity index (χ0v) is 21.3. The number of benzene rings is 2. The molecule has 0 fully saturated rings. The highest BCUT2D eigenvalue weighted by Gasteiger charge is 2.50. The zero-order chi connectivity index (χ0) is 26.1. The number of hydrogen-bond acceptors (Lipinski definition) is 6. The van der Waals surface area contributed by atoms with Gasteiger partial charge < -0.3 is 9.47 Å². The number of anilines is 1. The number of esters is 1. The summed E-state index contributed by atoms with van der Waals surface area (Å²) in [6.07, 6.45) is 0.134. The van der Waals surface area contributed by atoms with Crippen molar-refractivity contribution in [2.75, 3.05) is 18.6 Å². The van der Waals surface area contributed by atoms with Crippen LogP contribution in [0, 0.1) is 11.7 Å². The molecule has 0 saturated heterocycles. The molecule has 5 rings (SSSR count). The van der Waals surface area contributed by atoms with E-state index in [2.05, 4.69) is 0 Å². The molecule has 2 heterocycles. The first-order valence-electron chi connectivity index (χ1n) is 12.1. The van der Waals surface area contributed by atoms with E-state index >= 15 is 4.39 Å². The number of Topliss-reactive ketones (excluding diaryl/α,β-unsaturated/α-hetero) is 1. The molecule has 6 nitrogen and oxygen atoms in total. The maximum absolute atomic E-state index is 15.0. The van der Waals surface area contributed by atoms with Gasteiger partial charge in [0.1, 0.15) is 17.5 Å². The van der Waals surface area contributed by atoms with Gasteiger partial charge in [0.15, 0.2) is 5.78 Å². The molecule has 0 radical (unpaired) electrons. The summed E-state index contributed by atoms with van der Waals surface area (Å²) in [6.45, 7) is 1.84. The molecule has 0 bridgehead atoms. The summed E-state index contributed by atoms with van der Waals surface area (Å²) >= 11 is 1.43. The Hall–Kier alpha value is -3.78. The number of para-hydroxylation sites is 2. The van der Waals surface area contributed by atoms with Crippen molar-refractivity contribution in [3.63, 3.8) is 0 Å². The van der Waals surface area contributed by atoms with Gasteiger partial charge in [-0.25, -0.2) is 4.39 Å². The first kappa shape index (κ1) is 24.9. The van der Waals surface area contributed by atoms with E-state index in [1.165, 1.54) is 35.5 Å². The van der Waals surface area contributed by atoms with Gasteiger partial charge in [-0.05, 0) is 43.0 Å². The number of thiophene rings is 1. The van der Waals surface area contributed by atoms with Gasteiger partial charge in [0, 0.05) is 40.0 Å². The van der Waals surface area contributed by atoms with E-state index in [0.29, 0.717) is 22.6 Å². The third-order valence-corrected chi connectivity index (χ3v) is 7.98. The summed E-state index contributed by atoms with van der Waals surface area (Å²) in [5.74, 6) is -3.59. The molecule has 1 aromatic heterocycles. The fourth-order valence-electron chi connectivity index (χ4n) is 5.43. The van der Waals surface area contributed by atoms with E-state index in [9.17, 15) is 14.4 Å². The number of carbonyl (C=O) groups excluding carboxylic acids is 3. The highest BCUT2D eigenvalue weighted by atomic mass is 32.1. The van der Waals surface area contributed by atoms with Gasteiger partial charge >= 0.3 is 5.97 Å². The second kappa shape index (κ2) is 10.3. The molecule has 37 heavy (non-hydrogen) atoms. The molecule has 0 spiro atoms. The van der Waals surface area contributed by atoms with Crippen LogP contribution in [-0.2, 0) is 19.1 Å². The van der Waals surface area contributed by atoms with Crippen molar-refractivity contribution in [1.82, 2.24) is 0 Å². The minimum Gasteiger partial charge on any atom is -0.496 e. The number of ketones is 1. The van der Waals surface area contributed by atoms with Crippen molar-refractivity contribution >= 4 is 34.7 Å². The Balaban J connectivity index is 1.75. The van der Waals surface area contributed by atoms with Crippen LogP contribution in [0.4, 0.5) is 10.1 Å². The number of nitrogens with zero attached hydrogens (tertiary/aromatic N) is 1. The van der Waals surface area contributed by atoms with Crippen LogP contribution in [0.1, 0.15) is 42.0 Å². The van der Waals surface area contributed by atoms with Crippen molar-refractivity contribution in [3.8, 4) is 5.75 Å². The van der Waals surface area contributed by atoms with Gasteiger partial charge in [-0.2, -0.15) is 0 Å². The second-order valence-corrected chi connectivity index (χ2v) is 9.94. The van der Waals surface area contributed by atoms with E-state index in [1.54, 1.807) is 25.1 Å². The molecule has 1 aliphatic heterocycles. The van der Waals surface area contributed by atoms with Crippen LogP contribution in [0.25, 0.3) is 0 Å². The van der Waals surface area contributed by atoms with Gasteiger partial charge in [0.25, 0.3) is 0 Å². The fourth-order valence-corrected chi connectivity index (χ4v) is 6.30. The molecule has 1 amide bonds. The maximum atomic E-state index is 15.0. The lowest BCUT2D eigenvalue weighted by atomic mass is 9.69. The standard InChI is InChI=1S/C29H26FNO5S/c1-3-36-29(34)27-19(24-13-8-14-37-24)15-22-26(28(27)33)18(17-9-4-7-12-23(17)35-2)16-25(32)31(22)21-11-6-5-10-20(21)30/h4-14,18-19,27H,3,15-16H2,1-2H3. The van der Waals surface area contributed by atoms with E-state index in [-0.39, 0.29) is 31.0 Å². The molecule has 1 aliphatic carbocycles. The average Bonchev–Trinajstić information content (AvgIpc) is 3.44. The summed E-state index contributed by atoms with van der Waals surface area (Å²) < 4.78 is 25.9. The number of allylic oxidation sites excluding steroid dienone is 2. The van der Waals surface area contributed by atoms with Gasteiger partial charge in [-0.15, -0.1) is 11.3 Å². The molecule has 0 saturated carbocycles. The Morgan fingerprint density at radius 1 is 1.05 bits per heavy atom. The summed E-state index contributed by atoms with van der Waals surface area (Å²) in [5.41, 5.74) is 1.51. The molecule has 2 aromatic carbocycles. The van der Waals surface area contributed by atoms with Crippen molar-refractivity contribution in [2.45, 2.75) is 31.6 Å². The Morgan fingerprint density at radius 3 is 2.51 bits per heavy atom. The number of hydrogen-bond donors (Lipinski definition) is 0. The minimum atomic E-state index is -1.06. The average molecular weight is 520 g/mol.